The third-order valence-electron chi connectivity index (χ3n) is 5.24. The van der Waals surface area contributed by atoms with Gasteiger partial charge in [0.25, 0.3) is 0 Å². The molecule has 1 aliphatic heterocycles. The van der Waals surface area contributed by atoms with Crippen molar-refractivity contribution >= 4 is 0 Å². The normalized spacial score (nSPS) is 15.2. The van der Waals surface area contributed by atoms with Crippen LogP contribution < -0.4 is 0 Å². The summed E-state index contributed by atoms with van der Waals surface area (Å²) < 4.78 is 5.57. The van der Waals surface area contributed by atoms with E-state index in [1.165, 1.54) is 49.0 Å². The number of benzene rings is 2. The standard InChI is InChI=1S/C23H26N2O/c1-3-7-19(8-4-1)9-14-22-17-24-26-23(22)21-12-10-20(11-13-21)18-25-15-5-2-6-16-25/h1,3-4,7-8,10-13,17H,2,5-6,9,14-16,18H2. The molecule has 26 heavy (non-hydrogen) atoms. The molecule has 0 unspecified atom stereocenters. The molecule has 1 saturated heterocycles. The maximum absolute atomic E-state index is 5.57. The monoisotopic (exact) mass is 346 g/mol. The van der Waals surface area contributed by atoms with E-state index in [9.17, 15) is 0 Å². The van der Waals surface area contributed by atoms with Crippen molar-refractivity contribution in [2.75, 3.05) is 13.1 Å². The van der Waals surface area contributed by atoms with Crippen LogP contribution in [0, 0.1) is 0 Å². The molecule has 1 aliphatic rings. The van der Waals surface area contributed by atoms with Crippen LogP contribution in [0.3, 0.4) is 0 Å². The van der Waals surface area contributed by atoms with Crippen LogP contribution in [0.1, 0.15) is 36.0 Å². The Hall–Kier alpha value is -2.39. The van der Waals surface area contributed by atoms with Crippen molar-refractivity contribution in [2.45, 2.75) is 38.6 Å². The summed E-state index contributed by atoms with van der Waals surface area (Å²) in [5.41, 5.74) is 5.02. The maximum atomic E-state index is 5.57. The Morgan fingerprint density at radius 2 is 1.58 bits per heavy atom. The summed E-state index contributed by atoms with van der Waals surface area (Å²) >= 11 is 0. The zero-order valence-electron chi connectivity index (χ0n) is 15.2. The van der Waals surface area contributed by atoms with Crippen LogP contribution >= 0.6 is 0 Å². The molecule has 3 heteroatoms. The molecule has 2 heterocycles. The van der Waals surface area contributed by atoms with E-state index in [4.69, 9.17) is 4.52 Å². The molecule has 134 valence electrons. The number of rotatable bonds is 6. The Kier molecular flexibility index (Phi) is 5.46. The third-order valence-corrected chi connectivity index (χ3v) is 5.24. The summed E-state index contributed by atoms with van der Waals surface area (Å²) in [6.45, 7) is 3.51. The number of piperidine rings is 1. The van der Waals surface area contributed by atoms with Crippen molar-refractivity contribution in [3.63, 3.8) is 0 Å². The molecule has 0 N–H and O–H groups in total. The molecule has 0 spiro atoms. The lowest BCUT2D eigenvalue weighted by molar-refractivity contribution is 0.221. The van der Waals surface area contributed by atoms with E-state index >= 15 is 0 Å². The maximum Gasteiger partial charge on any atom is 0.170 e. The fraction of sp³-hybridized carbons (Fsp3) is 0.348. The first-order valence-corrected chi connectivity index (χ1v) is 9.67. The van der Waals surface area contributed by atoms with Crippen LogP contribution in [0.5, 0.6) is 0 Å². The predicted molar refractivity (Wildman–Crippen MR) is 105 cm³/mol. The highest BCUT2D eigenvalue weighted by atomic mass is 16.5. The average Bonchev–Trinajstić information content (AvgIpc) is 3.17. The first kappa shape index (κ1) is 17.0. The summed E-state index contributed by atoms with van der Waals surface area (Å²) in [6.07, 6.45) is 7.86. The molecule has 3 aromatic rings. The molecule has 4 rings (SSSR count). The highest BCUT2D eigenvalue weighted by Crippen LogP contribution is 2.25. The van der Waals surface area contributed by atoms with Gasteiger partial charge in [0.05, 0.1) is 6.20 Å². The van der Waals surface area contributed by atoms with Gasteiger partial charge in [0.1, 0.15) is 0 Å². The van der Waals surface area contributed by atoms with Gasteiger partial charge in [-0.1, -0.05) is 66.2 Å². The van der Waals surface area contributed by atoms with Gasteiger partial charge in [-0.2, -0.15) is 0 Å². The van der Waals surface area contributed by atoms with E-state index in [1.807, 2.05) is 6.20 Å². The minimum atomic E-state index is 0.908. The van der Waals surface area contributed by atoms with E-state index in [2.05, 4.69) is 64.7 Å². The molecule has 0 bridgehead atoms. The van der Waals surface area contributed by atoms with Gasteiger partial charge in [0, 0.05) is 17.7 Å². The molecular formula is C23H26N2O. The van der Waals surface area contributed by atoms with Crippen LogP contribution in [0.2, 0.25) is 0 Å². The topological polar surface area (TPSA) is 29.3 Å². The zero-order chi connectivity index (χ0) is 17.6. The van der Waals surface area contributed by atoms with Gasteiger partial charge < -0.3 is 4.52 Å². The van der Waals surface area contributed by atoms with E-state index in [0.29, 0.717) is 0 Å². The molecule has 0 aliphatic carbocycles. The van der Waals surface area contributed by atoms with Gasteiger partial charge >= 0.3 is 0 Å². The van der Waals surface area contributed by atoms with Gasteiger partial charge in [-0.3, -0.25) is 4.90 Å². The molecule has 0 atom stereocenters. The first-order valence-electron chi connectivity index (χ1n) is 9.67. The molecule has 0 amide bonds. The van der Waals surface area contributed by atoms with E-state index < -0.39 is 0 Å². The van der Waals surface area contributed by atoms with Crippen LogP contribution in [0.15, 0.2) is 65.3 Å². The van der Waals surface area contributed by atoms with Gasteiger partial charge in [-0.15, -0.1) is 0 Å². The number of aryl methyl sites for hydroxylation is 2. The molecule has 0 radical (unpaired) electrons. The van der Waals surface area contributed by atoms with Crippen molar-refractivity contribution in [3.05, 3.63) is 77.5 Å². The van der Waals surface area contributed by atoms with E-state index in [0.717, 1.165) is 30.7 Å². The Labute approximate surface area is 155 Å². The Morgan fingerprint density at radius 3 is 2.35 bits per heavy atom. The fourth-order valence-electron chi connectivity index (χ4n) is 3.74. The number of nitrogens with zero attached hydrogens (tertiary/aromatic N) is 2. The second kappa shape index (κ2) is 8.33. The zero-order valence-corrected chi connectivity index (χ0v) is 15.2. The summed E-state index contributed by atoms with van der Waals surface area (Å²) in [4.78, 5) is 2.55. The minimum Gasteiger partial charge on any atom is -0.356 e. The summed E-state index contributed by atoms with van der Waals surface area (Å²) in [7, 11) is 0. The van der Waals surface area contributed by atoms with Crippen molar-refractivity contribution in [1.82, 2.24) is 10.1 Å². The van der Waals surface area contributed by atoms with Crippen LogP contribution in [-0.4, -0.2) is 23.1 Å². The summed E-state index contributed by atoms with van der Waals surface area (Å²) in [6, 6.07) is 19.4. The van der Waals surface area contributed by atoms with Gasteiger partial charge in [-0.05, 0) is 49.9 Å². The molecule has 1 fully saturated rings. The summed E-state index contributed by atoms with van der Waals surface area (Å²) in [5.74, 6) is 0.908. The number of hydrogen-bond acceptors (Lipinski definition) is 3. The molecule has 0 saturated carbocycles. The van der Waals surface area contributed by atoms with Gasteiger partial charge in [-0.25, -0.2) is 0 Å². The lowest BCUT2D eigenvalue weighted by Gasteiger charge is -2.26. The van der Waals surface area contributed by atoms with E-state index in [-0.39, 0.29) is 0 Å². The molecule has 1 aromatic heterocycles. The Morgan fingerprint density at radius 1 is 0.808 bits per heavy atom. The highest BCUT2D eigenvalue weighted by molar-refractivity contribution is 5.61. The SMILES string of the molecule is c1ccc(CCc2cnoc2-c2ccc(CN3CCCCC3)cc2)cc1. The molecule has 3 nitrogen and oxygen atoms in total. The lowest BCUT2D eigenvalue weighted by Crippen LogP contribution is -2.28. The third kappa shape index (κ3) is 4.23. The fourth-order valence-corrected chi connectivity index (χ4v) is 3.74. The number of aromatic nitrogens is 1. The summed E-state index contributed by atoms with van der Waals surface area (Å²) in [5, 5.41) is 4.04. The van der Waals surface area contributed by atoms with Crippen molar-refractivity contribution in [3.8, 4) is 11.3 Å². The molecular weight excluding hydrogens is 320 g/mol. The lowest BCUT2D eigenvalue weighted by atomic mass is 10.0. The van der Waals surface area contributed by atoms with Crippen molar-refractivity contribution < 1.29 is 4.52 Å². The first-order chi connectivity index (χ1) is 12.9. The van der Waals surface area contributed by atoms with Gasteiger partial charge in [0.2, 0.25) is 0 Å². The van der Waals surface area contributed by atoms with Crippen molar-refractivity contribution in [1.29, 1.82) is 0 Å². The van der Waals surface area contributed by atoms with E-state index in [1.54, 1.807) is 0 Å². The second-order valence-corrected chi connectivity index (χ2v) is 7.20. The second-order valence-electron chi connectivity index (χ2n) is 7.20. The smallest absolute Gasteiger partial charge is 0.170 e. The van der Waals surface area contributed by atoms with Crippen LogP contribution in [0.4, 0.5) is 0 Å². The number of hydrogen-bond donors (Lipinski definition) is 0. The minimum absolute atomic E-state index is 0.908. The van der Waals surface area contributed by atoms with Crippen LogP contribution in [-0.2, 0) is 19.4 Å². The predicted octanol–water partition coefficient (Wildman–Crippen LogP) is 5.11. The number of likely N-dealkylation sites (tertiary alicyclic amines) is 1. The highest BCUT2D eigenvalue weighted by Gasteiger charge is 2.13. The largest absolute Gasteiger partial charge is 0.356 e. The van der Waals surface area contributed by atoms with Gasteiger partial charge in [0.15, 0.2) is 5.76 Å². The molecule has 2 aromatic carbocycles. The Balaban J connectivity index is 1.42. The quantitative estimate of drug-likeness (QED) is 0.621. The Bertz CT molecular complexity index is 802. The van der Waals surface area contributed by atoms with Crippen LogP contribution in [0.25, 0.3) is 11.3 Å². The average molecular weight is 346 g/mol. The van der Waals surface area contributed by atoms with Crippen molar-refractivity contribution in [2.24, 2.45) is 0 Å².